The predicted molar refractivity (Wildman–Crippen MR) is 105 cm³/mol. The number of hydrogen-bond donors (Lipinski definition) is 2. The molecule has 0 amide bonds. The second kappa shape index (κ2) is 6.88. The number of ketones is 2. The van der Waals surface area contributed by atoms with Gasteiger partial charge in [-0.3, -0.25) is 14.4 Å². The van der Waals surface area contributed by atoms with E-state index >= 15 is 0 Å². The summed E-state index contributed by atoms with van der Waals surface area (Å²) in [6, 6.07) is 0. The summed E-state index contributed by atoms with van der Waals surface area (Å²) in [6.07, 6.45) is 5.28. The second-order valence-corrected chi connectivity index (χ2v) is 10.6. The van der Waals surface area contributed by atoms with Crippen LogP contribution in [0.5, 0.6) is 0 Å². The molecule has 4 fully saturated rings. The Labute approximate surface area is 172 Å². The molecule has 0 heterocycles. The molecule has 29 heavy (non-hydrogen) atoms. The molecule has 6 nitrogen and oxygen atoms in total. The van der Waals surface area contributed by atoms with Gasteiger partial charge in [0.15, 0.2) is 6.61 Å². The first kappa shape index (κ1) is 21.0. The van der Waals surface area contributed by atoms with Crippen LogP contribution in [0, 0.1) is 34.5 Å². The lowest BCUT2D eigenvalue weighted by Crippen LogP contribution is -2.62. The van der Waals surface area contributed by atoms with Crippen molar-refractivity contribution < 1.29 is 29.3 Å². The van der Waals surface area contributed by atoms with E-state index in [0.717, 1.165) is 38.5 Å². The third-order valence-corrected chi connectivity index (χ3v) is 9.35. The fourth-order valence-electron chi connectivity index (χ4n) is 7.80. The number of aliphatic hydroxyl groups excluding tert-OH is 1. The van der Waals surface area contributed by atoms with Gasteiger partial charge >= 0.3 is 5.97 Å². The standard InChI is InChI=1S/C23H34O6/c1-13(24)29-12-19(27)23(28)9-7-17-16-5-4-14-10-15(25)6-8-21(14,2)20(16)18(26)11-22(17,23)3/h14-17,20,25,28H,4-12H2,1-3H3/t14-,15+,16-,17-,20+,21-,22-,23-/m0/s1. The van der Waals surface area contributed by atoms with E-state index < -0.39 is 29.4 Å². The molecule has 4 rings (SSSR count). The Kier molecular flexibility index (Phi) is 4.97. The minimum absolute atomic E-state index is 0.0438. The zero-order valence-electron chi connectivity index (χ0n) is 17.8. The van der Waals surface area contributed by atoms with Crippen LogP contribution in [0.1, 0.15) is 72.1 Å². The maximum atomic E-state index is 13.5. The van der Waals surface area contributed by atoms with Gasteiger partial charge < -0.3 is 14.9 Å². The number of hydrogen-bond acceptors (Lipinski definition) is 6. The minimum atomic E-state index is -1.62. The highest BCUT2D eigenvalue weighted by Gasteiger charge is 2.69. The predicted octanol–water partition coefficient (Wildman–Crippen LogP) is 2.43. The maximum Gasteiger partial charge on any atom is 0.303 e. The highest BCUT2D eigenvalue weighted by molar-refractivity contribution is 5.93. The Bertz CT molecular complexity index is 733. The summed E-state index contributed by atoms with van der Waals surface area (Å²) in [5, 5.41) is 21.6. The van der Waals surface area contributed by atoms with Crippen LogP contribution in [0.25, 0.3) is 0 Å². The van der Waals surface area contributed by atoms with E-state index in [0.29, 0.717) is 12.3 Å². The molecule has 0 bridgehead atoms. The van der Waals surface area contributed by atoms with Crippen molar-refractivity contribution in [3.8, 4) is 0 Å². The van der Waals surface area contributed by atoms with E-state index in [2.05, 4.69) is 6.92 Å². The molecule has 0 spiro atoms. The van der Waals surface area contributed by atoms with Crippen LogP contribution in [0.15, 0.2) is 0 Å². The third-order valence-electron chi connectivity index (χ3n) is 9.35. The molecular weight excluding hydrogens is 372 g/mol. The first-order valence-electron chi connectivity index (χ1n) is 11.1. The fourth-order valence-corrected chi connectivity index (χ4v) is 7.80. The van der Waals surface area contributed by atoms with Crippen LogP contribution >= 0.6 is 0 Å². The lowest BCUT2D eigenvalue weighted by atomic mass is 9.44. The Morgan fingerprint density at radius 3 is 2.55 bits per heavy atom. The average molecular weight is 407 g/mol. The smallest absolute Gasteiger partial charge is 0.303 e. The van der Waals surface area contributed by atoms with Gasteiger partial charge in [0, 0.05) is 24.7 Å². The molecular formula is C23H34O6. The summed E-state index contributed by atoms with van der Waals surface area (Å²) in [6.45, 7) is 4.93. The normalized spacial score (nSPS) is 49.0. The number of fused-ring (bicyclic) bond motifs is 5. The molecule has 4 aliphatic carbocycles. The lowest BCUT2D eigenvalue weighted by molar-refractivity contribution is -0.181. The van der Waals surface area contributed by atoms with Crippen LogP contribution in [0.4, 0.5) is 0 Å². The number of carbonyl (C=O) groups is 3. The monoisotopic (exact) mass is 406 g/mol. The van der Waals surface area contributed by atoms with E-state index in [4.69, 9.17) is 4.74 Å². The third kappa shape index (κ3) is 2.93. The summed E-state index contributed by atoms with van der Waals surface area (Å²) in [5.74, 6) is -0.256. The SMILES string of the molecule is CC(=O)OCC(=O)[C@@]1(O)CC[C@H]2[C@@H]3CC[C@H]4C[C@H](O)CC[C@]4(C)[C@H]3C(=O)C[C@@]21C. The molecule has 0 aromatic rings. The number of Topliss-reactive ketones (excluding diaryl/α,β-unsaturated/α-hetero) is 2. The molecule has 0 unspecified atom stereocenters. The highest BCUT2D eigenvalue weighted by Crippen LogP contribution is 2.67. The topological polar surface area (TPSA) is 101 Å². The Balaban J connectivity index is 1.63. The van der Waals surface area contributed by atoms with E-state index in [9.17, 15) is 24.6 Å². The van der Waals surface area contributed by atoms with Crippen molar-refractivity contribution in [1.29, 1.82) is 0 Å². The zero-order chi connectivity index (χ0) is 21.2. The molecule has 8 atom stereocenters. The first-order valence-corrected chi connectivity index (χ1v) is 11.1. The van der Waals surface area contributed by atoms with Crippen molar-refractivity contribution in [2.24, 2.45) is 34.5 Å². The number of ether oxygens (including phenoxy) is 1. The van der Waals surface area contributed by atoms with Crippen LogP contribution in [0.3, 0.4) is 0 Å². The number of aliphatic hydroxyl groups is 2. The van der Waals surface area contributed by atoms with Gasteiger partial charge in [-0.15, -0.1) is 0 Å². The van der Waals surface area contributed by atoms with Crippen LogP contribution in [-0.2, 0) is 19.1 Å². The summed E-state index contributed by atoms with van der Waals surface area (Å²) in [4.78, 5) is 37.5. The Morgan fingerprint density at radius 1 is 1.14 bits per heavy atom. The van der Waals surface area contributed by atoms with Crippen molar-refractivity contribution in [3.05, 3.63) is 0 Å². The van der Waals surface area contributed by atoms with Gasteiger partial charge in [0.25, 0.3) is 0 Å². The van der Waals surface area contributed by atoms with Crippen molar-refractivity contribution in [2.45, 2.75) is 83.8 Å². The first-order chi connectivity index (χ1) is 13.5. The molecule has 162 valence electrons. The number of rotatable bonds is 3. The van der Waals surface area contributed by atoms with Crippen LogP contribution in [-0.4, -0.2) is 46.1 Å². The number of carbonyl (C=O) groups excluding carboxylic acids is 3. The molecule has 6 heteroatoms. The highest BCUT2D eigenvalue weighted by atomic mass is 16.5. The fraction of sp³-hybridized carbons (Fsp3) is 0.870. The van der Waals surface area contributed by atoms with E-state index in [1.165, 1.54) is 6.92 Å². The zero-order valence-corrected chi connectivity index (χ0v) is 17.8. The van der Waals surface area contributed by atoms with Gasteiger partial charge in [0.1, 0.15) is 11.4 Å². The van der Waals surface area contributed by atoms with E-state index in [-0.39, 0.29) is 41.5 Å². The lowest BCUT2D eigenvalue weighted by Gasteiger charge is -2.60. The van der Waals surface area contributed by atoms with E-state index in [1.54, 1.807) is 0 Å². The van der Waals surface area contributed by atoms with Crippen molar-refractivity contribution >= 4 is 17.5 Å². The van der Waals surface area contributed by atoms with Gasteiger partial charge in [-0.05, 0) is 68.1 Å². The maximum absolute atomic E-state index is 13.5. The molecule has 0 aromatic carbocycles. The van der Waals surface area contributed by atoms with Crippen molar-refractivity contribution in [1.82, 2.24) is 0 Å². The van der Waals surface area contributed by atoms with Gasteiger partial charge in [0.2, 0.25) is 5.78 Å². The van der Waals surface area contributed by atoms with Crippen LogP contribution < -0.4 is 0 Å². The molecule has 4 saturated carbocycles. The Morgan fingerprint density at radius 2 is 1.86 bits per heavy atom. The molecule has 2 N–H and O–H groups in total. The van der Waals surface area contributed by atoms with Gasteiger partial charge in [-0.1, -0.05) is 13.8 Å². The Hall–Kier alpha value is -1.27. The summed E-state index contributed by atoms with van der Waals surface area (Å²) in [7, 11) is 0. The van der Waals surface area contributed by atoms with Crippen molar-refractivity contribution in [2.75, 3.05) is 6.61 Å². The summed E-state index contributed by atoms with van der Waals surface area (Å²) in [5.41, 5.74) is -2.52. The van der Waals surface area contributed by atoms with Gasteiger partial charge in [0.05, 0.1) is 6.10 Å². The molecule has 0 aromatic heterocycles. The largest absolute Gasteiger partial charge is 0.458 e. The van der Waals surface area contributed by atoms with Gasteiger partial charge in [-0.2, -0.15) is 0 Å². The van der Waals surface area contributed by atoms with Crippen molar-refractivity contribution in [3.63, 3.8) is 0 Å². The minimum Gasteiger partial charge on any atom is -0.458 e. The quantitative estimate of drug-likeness (QED) is 0.698. The molecule has 4 aliphatic rings. The average Bonchev–Trinajstić information content (AvgIpc) is 2.91. The van der Waals surface area contributed by atoms with Gasteiger partial charge in [-0.25, -0.2) is 0 Å². The van der Waals surface area contributed by atoms with E-state index in [1.807, 2.05) is 6.92 Å². The molecule has 0 radical (unpaired) electrons. The molecule has 0 aliphatic heterocycles. The second-order valence-electron chi connectivity index (χ2n) is 10.6. The molecule has 0 saturated heterocycles. The van der Waals surface area contributed by atoms with Crippen LogP contribution in [0.2, 0.25) is 0 Å². The number of esters is 1. The summed E-state index contributed by atoms with van der Waals surface area (Å²) < 4.78 is 4.88. The summed E-state index contributed by atoms with van der Waals surface area (Å²) >= 11 is 0.